The molecule has 4 rings (SSSR count). The highest BCUT2D eigenvalue weighted by Crippen LogP contribution is 2.35. The van der Waals surface area contributed by atoms with Crippen molar-refractivity contribution in [2.45, 2.75) is 6.92 Å². The summed E-state index contributed by atoms with van der Waals surface area (Å²) in [6, 6.07) is 17.4. The van der Waals surface area contributed by atoms with Gasteiger partial charge in [-0.1, -0.05) is 12.1 Å². The molecule has 0 unspecified atom stereocenters. The van der Waals surface area contributed by atoms with E-state index in [1.54, 1.807) is 18.6 Å². The topological polar surface area (TPSA) is 74.5 Å². The predicted octanol–water partition coefficient (Wildman–Crippen LogP) is 5.17. The molecule has 0 aliphatic heterocycles. The Balaban J connectivity index is 1.69. The fourth-order valence-electron chi connectivity index (χ4n) is 3.23. The molecule has 2 aromatic heterocycles. The van der Waals surface area contributed by atoms with Gasteiger partial charge in [0.2, 0.25) is 0 Å². The molecule has 0 saturated heterocycles. The number of hydrogen-bond acceptors (Lipinski definition) is 6. The van der Waals surface area contributed by atoms with E-state index in [1.807, 2.05) is 85.4 Å². The van der Waals surface area contributed by atoms with Crippen molar-refractivity contribution in [2.75, 3.05) is 29.2 Å². The summed E-state index contributed by atoms with van der Waals surface area (Å²) in [5.74, 6) is -0.195. The van der Waals surface area contributed by atoms with Crippen LogP contribution in [-0.2, 0) is 0 Å². The van der Waals surface area contributed by atoms with Crippen LogP contribution in [0.15, 0.2) is 83.9 Å². The second-order valence-corrected chi connectivity index (χ2v) is 7.26. The number of amides is 1. The minimum Gasteiger partial charge on any atom is -0.432 e. The standard InChI is InChI=1S/C24H23N5O2/c1-17-7-8-18(23(30)27-19-5-4-6-21(16-19)28(2)3)15-22(17)29(24-26-13-14-31-24)20-9-11-25-12-10-20/h4-16H,1-3H3,(H,27,30). The zero-order valence-electron chi connectivity index (χ0n) is 17.6. The average molecular weight is 413 g/mol. The van der Waals surface area contributed by atoms with Crippen LogP contribution in [0.1, 0.15) is 15.9 Å². The Bertz CT molecular complexity index is 1170. The third kappa shape index (κ3) is 4.40. The van der Waals surface area contributed by atoms with Crippen molar-refractivity contribution < 1.29 is 9.21 Å². The number of nitrogens with one attached hydrogen (secondary N) is 1. The van der Waals surface area contributed by atoms with Crippen LogP contribution in [0.4, 0.5) is 28.8 Å². The van der Waals surface area contributed by atoms with Crippen molar-refractivity contribution in [3.63, 3.8) is 0 Å². The largest absolute Gasteiger partial charge is 0.432 e. The number of oxazole rings is 1. The van der Waals surface area contributed by atoms with Crippen molar-refractivity contribution in [3.05, 3.63) is 90.6 Å². The number of aryl methyl sites for hydroxylation is 1. The number of nitrogens with zero attached hydrogens (tertiary/aromatic N) is 4. The number of pyridine rings is 1. The molecule has 0 atom stereocenters. The summed E-state index contributed by atoms with van der Waals surface area (Å²) in [4.78, 5) is 25.3. The predicted molar refractivity (Wildman–Crippen MR) is 122 cm³/mol. The summed E-state index contributed by atoms with van der Waals surface area (Å²) in [6.07, 6.45) is 6.52. The molecule has 1 N–H and O–H groups in total. The molecule has 0 bridgehead atoms. The summed E-state index contributed by atoms with van der Waals surface area (Å²) in [6.45, 7) is 1.98. The van der Waals surface area contributed by atoms with E-state index in [-0.39, 0.29) is 5.91 Å². The average Bonchev–Trinajstić information content (AvgIpc) is 3.30. The zero-order chi connectivity index (χ0) is 21.8. The maximum atomic E-state index is 13.0. The number of anilines is 5. The lowest BCUT2D eigenvalue weighted by atomic mass is 10.1. The number of rotatable bonds is 6. The Morgan fingerprint density at radius 1 is 0.968 bits per heavy atom. The smallest absolute Gasteiger partial charge is 0.306 e. The van der Waals surface area contributed by atoms with Crippen LogP contribution < -0.4 is 15.1 Å². The third-order valence-electron chi connectivity index (χ3n) is 4.86. The molecule has 156 valence electrons. The molecule has 0 spiro atoms. The van der Waals surface area contributed by atoms with Crippen molar-refractivity contribution >= 4 is 34.7 Å². The van der Waals surface area contributed by atoms with E-state index in [1.165, 1.54) is 6.26 Å². The molecule has 2 aromatic carbocycles. The van der Waals surface area contributed by atoms with Crippen LogP contribution in [0.5, 0.6) is 0 Å². The summed E-state index contributed by atoms with van der Waals surface area (Å²) >= 11 is 0. The van der Waals surface area contributed by atoms with Gasteiger partial charge in [0.25, 0.3) is 5.91 Å². The molecule has 4 aromatic rings. The van der Waals surface area contributed by atoms with Gasteiger partial charge in [-0.15, -0.1) is 0 Å². The monoisotopic (exact) mass is 413 g/mol. The number of hydrogen-bond donors (Lipinski definition) is 1. The second-order valence-electron chi connectivity index (χ2n) is 7.26. The first-order valence-corrected chi connectivity index (χ1v) is 9.82. The van der Waals surface area contributed by atoms with E-state index in [0.717, 1.165) is 28.3 Å². The van der Waals surface area contributed by atoms with Crippen molar-refractivity contribution in [3.8, 4) is 0 Å². The van der Waals surface area contributed by atoms with Crippen molar-refractivity contribution in [1.82, 2.24) is 9.97 Å². The normalized spacial score (nSPS) is 10.5. The Morgan fingerprint density at radius 2 is 1.77 bits per heavy atom. The van der Waals surface area contributed by atoms with Crippen LogP contribution in [0.25, 0.3) is 0 Å². The highest BCUT2D eigenvalue weighted by molar-refractivity contribution is 6.05. The summed E-state index contributed by atoms with van der Waals surface area (Å²) in [5, 5.41) is 2.98. The third-order valence-corrected chi connectivity index (χ3v) is 4.86. The first kappa shape index (κ1) is 20.2. The maximum Gasteiger partial charge on any atom is 0.306 e. The lowest BCUT2D eigenvalue weighted by molar-refractivity contribution is 0.102. The second kappa shape index (κ2) is 8.71. The number of benzene rings is 2. The van der Waals surface area contributed by atoms with E-state index in [0.29, 0.717) is 11.6 Å². The number of aromatic nitrogens is 2. The molecular weight excluding hydrogens is 390 g/mol. The quantitative estimate of drug-likeness (QED) is 0.470. The van der Waals surface area contributed by atoms with Gasteiger partial charge in [-0.05, 0) is 55.0 Å². The molecule has 31 heavy (non-hydrogen) atoms. The Morgan fingerprint density at radius 3 is 2.48 bits per heavy atom. The summed E-state index contributed by atoms with van der Waals surface area (Å²) in [5.41, 5.74) is 4.87. The first-order chi connectivity index (χ1) is 15.0. The van der Waals surface area contributed by atoms with Crippen LogP contribution in [0.3, 0.4) is 0 Å². The number of carbonyl (C=O) groups is 1. The molecular formula is C24H23N5O2. The molecule has 2 heterocycles. The zero-order valence-corrected chi connectivity index (χ0v) is 17.6. The first-order valence-electron chi connectivity index (χ1n) is 9.82. The van der Waals surface area contributed by atoms with Crippen molar-refractivity contribution in [1.29, 1.82) is 0 Å². The number of carbonyl (C=O) groups excluding carboxylic acids is 1. The molecule has 0 aliphatic rings. The van der Waals surface area contributed by atoms with Crippen LogP contribution in [0, 0.1) is 6.92 Å². The van der Waals surface area contributed by atoms with Gasteiger partial charge < -0.3 is 14.6 Å². The highest BCUT2D eigenvalue weighted by Gasteiger charge is 2.20. The Kier molecular flexibility index (Phi) is 5.66. The van der Waals surface area contributed by atoms with Crippen LogP contribution in [-0.4, -0.2) is 30.0 Å². The van der Waals surface area contributed by atoms with E-state index < -0.39 is 0 Å². The summed E-state index contributed by atoms with van der Waals surface area (Å²) in [7, 11) is 3.92. The Hall–Kier alpha value is -4.13. The molecule has 1 amide bonds. The lowest BCUT2D eigenvalue weighted by Gasteiger charge is -2.23. The van der Waals surface area contributed by atoms with Crippen LogP contribution >= 0.6 is 0 Å². The fourth-order valence-corrected chi connectivity index (χ4v) is 3.23. The van der Waals surface area contributed by atoms with Gasteiger partial charge in [0.15, 0.2) is 0 Å². The van der Waals surface area contributed by atoms with Crippen molar-refractivity contribution in [2.24, 2.45) is 0 Å². The van der Waals surface area contributed by atoms with Gasteiger partial charge in [-0.25, -0.2) is 4.98 Å². The highest BCUT2D eigenvalue weighted by atomic mass is 16.4. The lowest BCUT2D eigenvalue weighted by Crippen LogP contribution is -2.16. The Labute approximate surface area is 181 Å². The van der Waals surface area contributed by atoms with E-state index >= 15 is 0 Å². The van der Waals surface area contributed by atoms with Crippen LogP contribution in [0.2, 0.25) is 0 Å². The van der Waals surface area contributed by atoms with Gasteiger partial charge in [0.1, 0.15) is 6.26 Å². The van der Waals surface area contributed by atoms with E-state index in [4.69, 9.17) is 4.42 Å². The van der Waals surface area contributed by atoms with Gasteiger partial charge in [0, 0.05) is 43.4 Å². The molecule has 0 fully saturated rings. The maximum absolute atomic E-state index is 13.0. The van der Waals surface area contributed by atoms with E-state index in [9.17, 15) is 4.79 Å². The SMILES string of the molecule is Cc1ccc(C(=O)Nc2cccc(N(C)C)c2)cc1N(c1ccncc1)c1ncco1. The van der Waals surface area contributed by atoms with E-state index in [2.05, 4.69) is 15.3 Å². The molecule has 0 saturated carbocycles. The minimum atomic E-state index is -0.195. The van der Waals surface area contributed by atoms with Gasteiger partial charge >= 0.3 is 6.01 Å². The molecule has 0 radical (unpaired) electrons. The molecule has 7 heteroatoms. The summed E-state index contributed by atoms with van der Waals surface area (Å²) < 4.78 is 5.58. The molecule has 7 nitrogen and oxygen atoms in total. The fraction of sp³-hybridized carbons (Fsp3) is 0.125. The van der Waals surface area contributed by atoms with Gasteiger partial charge in [-0.3, -0.25) is 14.7 Å². The van der Waals surface area contributed by atoms with Gasteiger partial charge in [-0.2, -0.15) is 0 Å². The minimum absolute atomic E-state index is 0.195. The molecule has 0 aliphatic carbocycles. The van der Waals surface area contributed by atoms with Gasteiger partial charge in [0.05, 0.1) is 17.6 Å².